The number of rotatable bonds is 4. The van der Waals surface area contributed by atoms with E-state index in [-0.39, 0.29) is 0 Å². The lowest BCUT2D eigenvalue weighted by Crippen LogP contribution is -2.00. The van der Waals surface area contributed by atoms with Crippen molar-refractivity contribution in [1.29, 1.82) is 0 Å². The summed E-state index contributed by atoms with van der Waals surface area (Å²) in [7, 11) is 0. The third kappa shape index (κ3) is 2.63. The molecule has 0 radical (unpaired) electrons. The Morgan fingerprint density at radius 1 is 1.25 bits per heavy atom. The maximum Gasteiger partial charge on any atom is 0.119 e. The molecule has 0 saturated carbocycles. The van der Waals surface area contributed by atoms with Gasteiger partial charge in [0.05, 0.1) is 19.3 Å². The average molecular weight is 216 g/mol. The average Bonchev–Trinajstić information content (AvgIpc) is 2.67. The summed E-state index contributed by atoms with van der Waals surface area (Å²) in [6, 6.07) is 8.13. The Hall–Kier alpha value is -1.77. The van der Waals surface area contributed by atoms with E-state index in [4.69, 9.17) is 4.74 Å². The zero-order chi connectivity index (χ0) is 11.4. The van der Waals surface area contributed by atoms with E-state index >= 15 is 0 Å². The first-order valence-corrected chi connectivity index (χ1v) is 5.48. The molecule has 0 unspecified atom stereocenters. The summed E-state index contributed by atoms with van der Waals surface area (Å²) in [5, 5.41) is 4.26. The van der Waals surface area contributed by atoms with Gasteiger partial charge >= 0.3 is 0 Å². The molecular weight excluding hydrogens is 200 g/mol. The van der Waals surface area contributed by atoms with Gasteiger partial charge in [0.1, 0.15) is 5.75 Å². The van der Waals surface area contributed by atoms with Crippen molar-refractivity contribution in [3.63, 3.8) is 0 Å². The first-order valence-electron chi connectivity index (χ1n) is 5.48. The Labute approximate surface area is 95.7 Å². The van der Waals surface area contributed by atoms with Gasteiger partial charge in [0.2, 0.25) is 0 Å². The lowest BCUT2D eigenvalue weighted by Gasteiger charge is -2.05. The van der Waals surface area contributed by atoms with Gasteiger partial charge in [0.15, 0.2) is 0 Å². The van der Waals surface area contributed by atoms with Gasteiger partial charge in [-0.25, -0.2) is 0 Å². The van der Waals surface area contributed by atoms with Gasteiger partial charge in [-0.1, -0.05) is 12.1 Å². The molecule has 0 saturated heterocycles. The van der Waals surface area contributed by atoms with Crippen LogP contribution in [0.2, 0.25) is 0 Å². The fraction of sp³-hybridized carbons (Fsp3) is 0.308. The van der Waals surface area contributed by atoms with Crippen LogP contribution in [0.4, 0.5) is 0 Å². The predicted octanol–water partition coefficient (Wildman–Crippen LogP) is 2.64. The predicted molar refractivity (Wildman–Crippen MR) is 63.7 cm³/mol. The molecule has 0 fully saturated rings. The van der Waals surface area contributed by atoms with Crippen LogP contribution >= 0.6 is 0 Å². The minimum absolute atomic E-state index is 0.706. The fourth-order valence-corrected chi connectivity index (χ4v) is 1.60. The van der Waals surface area contributed by atoms with E-state index in [0.717, 1.165) is 12.3 Å². The fourth-order valence-electron chi connectivity index (χ4n) is 1.60. The van der Waals surface area contributed by atoms with Crippen LogP contribution in [0.5, 0.6) is 5.75 Å². The minimum Gasteiger partial charge on any atom is -0.494 e. The second kappa shape index (κ2) is 4.84. The Kier molecular flexibility index (Phi) is 3.25. The van der Waals surface area contributed by atoms with Gasteiger partial charge < -0.3 is 4.74 Å². The van der Waals surface area contributed by atoms with Crippen LogP contribution in [0.25, 0.3) is 0 Å². The van der Waals surface area contributed by atoms with Crippen LogP contribution in [0, 0.1) is 6.92 Å². The van der Waals surface area contributed by atoms with E-state index in [2.05, 4.69) is 17.2 Å². The zero-order valence-electron chi connectivity index (χ0n) is 9.68. The SMILES string of the molecule is CCOc1ccc(Cn2cc(C)cn2)cc1. The summed E-state index contributed by atoms with van der Waals surface area (Å²) < 4.78 is 7.33. The lowest BCUT2D eigenvalue weighted by atomic mass is 10.2. The number of benzene rings is 1. The lowest BCUT2D eigenvalue weighted by molar-refractivity contribution is 0.340. The van der Waals surface area contributed by atoms with E-state index < -0.39 is 0 Å². The minimum atomic E-state index is 0.706. The standard InChI is InChI=1S/C13H16N2O/c1-3-16-13-6-4-12(5-7-13)10-15-9-11(2)8-14-15/h4-9H,3,10H2,1-2H3. The summed E-state index contributed by atoms with van der Waals surface area (Å²) in [6.45, 7) is 5.54. The molecule has 3 heteroatoms. The topological polar surface area (TPSA) is 27.1 Å². The highest BCUT2D eigenvalue weighted by Gasteiger charge is 1.97. The highest BCUT2D eigenvalue weighted by Crippen LogP contribution is 2.12. The number of hydrogen-bond acceptors (Lipinski definition) is 2. The van der Waals surface area contributed by atoms with Crippen LogP contribution < -0.4 is 4.74 Å². The van der Waals surface area contributed by atoms with E-state index in [1.807, 2.05) is 43.1 Å². The van der Waals surface area contributed by atoms with Crippen molar-refractivity contribution < 1.29 is 4.74 Å². The molecule has 3 nitrogen and oxygen atoms in total. The molecule has 0 aliphatic carbocycles. The number of nitrogens with zero attached hydrogens (tertiary/aromatic N) is 2. The first kappa shape index (κ1) is 10.7. The van der Waals surface area contributed by atoms with E-state index in [9.17, 15) is 0 Å². The summed E-state index contributed by atoms with van der Waals surface area (Å²) in [4.78, 5) is 0. The molecule has 1 aromatic heterocycles. The number of aryl methyl sites for hydroxylation is 1. The summed E-state index contributed by atoms with van der Waals surface area (Å²) in [6.07, 6.45) is 3.91. The van der Waals surface area contributed by atoms with Crippen molar-refractivity contribution in [3.05, 3.63) is 47.8 Å². The molecule has 84 valence electrons. The number of hydrogen-bond donors (Lipinski definition) is 0. The van der Waals surface area contributed by atoms with E-state index in [1.165, 1.54) is 11.1 Å². The molecule has 1 heterocycles. The van der Waals surface area contributed by atoms with E-state index in [1.54, 1.807) is 0 Å². The number of aromatic nitrogens is 2. The van der Waals surface area contributed by atoms with Crippen molar-refractivity contribution >= 4 is 0 Å². The monoisotopic (exact) mass is 216 g/mol. The maximum atomic E-state index is 5.39. The molecule has 0 bridgehead atoms. The summed E-state index contributed by atoms with van der Waals surface area (Å²) in [5.41, 5.74) is 2.41. The van der Waals surface area contributed by atoms with Crippen molar-refractivity contribution in [2.24, 2.45) is 0 Å². The molecule has 2 aromatic rings. The Morgan fingerprint density at radius 3 is 2.56 bits per heavy atom. The Balaban J connectivity index is 2.05. The molecule has 0 atom stereocenters. The van der Waals surface area contributed by atoms with Crippen molar-refractivity contribution in [2.75, 3.05) is 6.61 Å². The normalized spacial score (nSPS) is 10.4. The van der Waals surface area contributed by atoms with Gasteiger partial charge in [0.25, 0.3) is 0 Å². The smallest absolute Gasteiger partial charge is 0.119 e. The van der Waals surface area contributed by atoms with Gasteiger partial charge in [-0.05, 0) is 37.1 Å². The molecule has 2 rings (SSSR count). The highest BCUT2D eigenvalue weighted by atomic mass is 16.5. The van der Waals surface area contributed by atoms with Crippen molar-refractivity contribution in [3.8, 4) is 5.75 Å². The molecule has 0 N–H and O–H groups in total. The highest BCUT2D eigenvalue weighted by molar-refractivity contribution is 5.27. The van der Waals surface area contributed by atoms with Crippen LogP contribution in [-0.4, -0.2) is 16.4 Å². The van der Waals surface area contributed by atoms with E-state index in [0.29, 0.717) is 6.61 Å². The Morgan fingerprint density at radius 2 is 2.00 bits per heavy atom. The molecule has 0 amide bonds. The van der Waals surface area contributed by atoms with Crippen molar-refractivity contribution in [1.82, 2.24) is 9.78 Å². The third-order valence-electron chi connectivity index (χ3n) is 2.34. The second-order valence-electron chi connectivity index (χ2n) is 3.79. The van der Waals surface area contributed by atoms with Crippen molar-refractivity contribution in [2.45, 2.75) is 20.4 Å². The van der Waals surface area contributed by atoms with Crippen LogP contribution in [-0.2, 0) is 6.54 Å². The number of ether oxygens (including phenoxy) is 1. The van der Waals surface area contributed by atoms with Crippen LogP contribution in [0.3, 0.4) is 0 Å². The van der Waals surface area contributed by atoms with Gasteiger partial charge in [-0.15, -0.1) is 0 Å². The largest absolute Gasteiger partial charge is 0.494 e. The van der Waals surface area contributed by atoms with Crippen LogP contribution in [0.1, 0.15) is 18.1 Å². The summed E-state index contributed by atoms with van der Waals surface area (Å²) >= 11 is 0. The molecule has 1 aromatic carbocycles. The quantitative estimate of drug-likeness (QED) is 0.785. The molecule has 0 aliphatic rings. The zero-order valence-corrected chi connectivity index (χ0v) is 9.68. The summed E-state index contributed by atoms with van der Waals surface area (Å²) in [5.74, 6) is 0.919. The second-order valence-corrected chi connectivity index (χ2v) is 3.79. The third-order valence-corrected chi connectivity index (χ3v) is 2.34. The van der Waals surface area contributed by atoms with Gasteiger partial charge in [0, 0.05) is 6.20 Å². The molecule has 0 spiro atoms. The first-order chi connectivity index (χ1) is 7.78. The van der Waals surface area contributed by atoms with Gasteiger partial charge in [-0.2, -0.15) is 5.10 Å². The van der Waals surface area contributed by atoms with Gasteiger partial charge in [-0.3, -0.25) is 4.68 Å². The molecular formula is C13H16N2O. The molecule has 16 heavy (non-hydrogen) atoms. The molecule has 0 aliphatic heterocycles. The Bertz CT molecular complexity index is 445. The van der Waals surface area contributed by atoms with Crippen LogP contribution in [0.15, 0.2) is 36.7 Å². The maximum absolute atomic E-state index is 5.39.